The number of sulfonamides is 1. The van der Waals surface area contributed by atoms with Crippen LogP contribution >= 0.6 is 0 Å². The predicted octanol–water partition coefficient (Wildman–Crippen LogP) is 1.82. The highest BCUT2D eigenvalue weighted by atomic mass is 32.2. The lowest BCUT2D eigenvalue weighted by Gasteiger charge is -2.28. The Morgan fingerprint density at radius 1 is 1.11 bits per heavy atom. The number of benzene rings is 1. The van der Waals surface area contributed by atoms with Crippen molar-refractivity contribution in [3.8, 4) is 0 Å². The van der Waals surface area contributed by atoms with Crippen LogP contribution in [0.5, 0.6) is 0 Å². The number of rotatable bonds is 4. The van der Waals surface area contributed by atoms with E-state index >= 15 is 0 Å². The lowest BCUT2D eigenvalue weighted by Crippen LogP contribution is -2.57. The number of carbonyl (C=O) groups excluding carboxylic acids is 4. The summed E-state index contributed by atoms with van der Waals surface area (Å²) >= 11 is 0. The minimum absolute atomic E-state index is 0.0162. The van der Waals surface area contributed by atoms with Gasteiger partial charge < -0.3 is 20.7 Å². The molecule has 5 aliphatic rings. The molecule has 4 amide bonds. The monoisotopic (exact) mass is 667 g/mol. The molecule has 250 valence electrons. The van der Waals surface area contributed by atoms with E-state index in [1.807, 2.05) is 0 Å². The number of ether oxygens (including phenoxy) is 1. The molecule has 5 atom stereocenters. The molecule has 0 bridgehead atoms. The SMILES string of the molecule is N[C@H]1CCC(F)(F)CC/C=C\[C@@H]2C[C@@]2(C(=O)NS(=O)(=O)C2CC2)NC(=O)[C@@H]2C[C@@H](OC(=O)N3Cc4cccc(F)c4C3)CN2C1=O. The van der Waals surface area contributed by atoms with E-state index in [1.54, 1.807) is 6.07 Å². The zero-order valence-corrected chi connectivity index (χ0v) is 25.7. The van der Waals surface area contributed by atoms with Crippen LogP contribution in [-0.2, 0) is 42.2 Å². The molecule has 4 N–H and O–H groups in total. The summed E-state index contributed by atoms with van der Waals surface area (Å²) in [5.41, 5.74) is 5.34. The van der Waals surface area contributed by atoms with E-state index in [9.17, 15) is 40.8 Å². The minimum Gasteiger partial charge on any atom is -0.444 e. The van der Waals surface area contributed by atoms with Gasteiger partial charge in [-0.15, -0.1) is 0 Å². The largest absolute Gasteiger partial charge is 0.444 e. The van der Waals surface area contributed by atoms with Gasteiger partial charge in [-0.2, -0.15) is 0 Å². The Morgan fingerprint density at radius 2 is 1.87 bits per heavy atom. The summed E-state index contributed by atoms with van der Waals surface area (Å²) in [6.07, 6.45) is 0.189. The Morgan fingerprint density at radius 3 is 2.59 bits per heavy atom. The average Bonchev–Trinajstić information content (AvgIpc) is 3.88. The van der Waals surface area contributed by atoms with Gasteiger partial charge in [0.05, 0.1) is 24.4 Å². The van der Waals surface area contributed by atoms with Gasteiger partial charge in [0.2, 0.25) is 27.8 Å². The topological polar surface area (TPSA) is 168 Å². The predicted molar refractivity (Wildman–Crippen MR) is 156 cm³/mol. The average molecular weight is 668 g/mol. The zero-order valence-electron chi connectivity index (χ0n) is 24.9. The molecule has 1 aromatic carbocycles. The quantitative estimate of drug-likeness (QED) is 0.409. The van der Waals surface area contributed by atoms with Crippen LogP contribution in [0.15, 0.2) is 30.4 Å². The van der Waals surface area contributed by atoms with Gasteiger partial charge >= 0.3 is 6.09 Å². The molecule has 46 heavy (non-hydrogen) atoms. The standard InChI is InChI=1S/C30H36F3N5O7S/c31-22-6-3-4-17-14-37(16-21(17)22)28(42)45-19-12-24-25(39)35-30(27(41)36-46(43,44)20-7-8-20)13-18(30)5-1-2-10-29(32,33)11-9-23(34)26(40)38(24)15-19/h1,3-6,18-20,23-24H,2,7-16,34H2,(H,35,39)(H,36,41)/b5-1-/t18-,19-,23+,24+,30-/m1/s1. The number of nitrogens with two attached hydrogens (primary N) is 1. The van der Waals surface area contributed by atoms with Crippen molar-refractivity contribution in [3.63, 3.8) is 0 Å². The fourth-order valence-electron chi connectivity index (χ4n) is 6.45. The summed E-state index contributed by atoms with van der Waals surface area (Å²) in [5.74, 6) is -6.83. The number of nitrogens with zero attached hydrogens (tertiary/aromatic N) is 2. The Balaban J connectivity index is 1.23. The van der Waals surface area contributed by atoms with Crippen LogP contribution in [0.3, 0.4) is 0 Å². The zero-order chi connectivity index (χ0) is 33.0. The lowest BCUT2D eigenvalue weighted by atomic mass is 10.0. The molecule has 0 unspecified atom stereocenters. The Kier molecular flexibility index (Phi) is 8.32. The molecule has 0 spiro atoms. The fourth-order valence-corrected chi connectivity index (χ4v) is 7.82. The van der Waals surface area contributed by atoms with Crippen LogP contribution in [0.4, 0.5) is 18.0 Å². The molecule has 6 rings (SSSR count). The lowest BCUT2D eigenvalue weighted by molar-refractivity contribution is -0.141. The second-order valence-corrected chi connectivity index (χ2v) is 14.9. The first-order valence-corrected chi connectivity index (χ1v) is 16.9. The summed E-state index contributed by atoms with van der Waals surface area (Å²) in [5, 5.41) is 1.94. The minimum atomic E-state index is -3.97. The van der Waals surface area contributed by atoms with Crippen molar-refractivity contribution in [2.75, 3.05) is 6.54 Å². The van der Waals surface area contributed by atoms with Crippen LogP contribution < -0.4 is 15.8 Å². The van der Waals surface area contributed by atoms with E-state index in [1.165, 1.54) is 29.2 Å². The smallest absolute Gasteiger partial charge is 0.410 e. The van der Waals surface area contributed by atoms with Gasteiger partial charge in [0, 0.05) is 37.3 Å². The Labute approximate surface area is 263 Å². The number of fused-ring (bicyclic) bond motifs is 3. The number of carbonyl (C=O) groups is 4. The number of allylic oxidation sites excluding steroid dienone is 1. The molecular weight excluding hydrogens is 631 g/mol. The van der Waals surface area contributed by atoms with Crippen molar-refractivity contribution in [3.05, 3.63) is 47.3 Å². The van der Waals surface area contributed by atoms with Crippen LogP contribution in [0.1, 0.15) is 62.5 Å². The van der Waals surface area contributed by atoms with Crippen molar-refractivity contribution in [1.82, 2.24) is 19.8 Å². The molecule has 0 radical (unpaired) electrons. The van der Waals surface area contributed by atoms with Crippen LogP contribution in [0.2, 0.25) is 0 Å². The third-order valence-electron chi connectivity index (χ3n) is 9.45. The van der Waals surface area contributed by atoms with E-state index < -0.39 is 93.3 Å². The maximum Gasteiger partial charge on any atom is 0.410 e. The summed E-state index contributed by atoms with van der Waals surface area (Å²) in [6.45, 7) is -0.212. The molecule has 3 fully saturated rings. The van der Waals surface area contributed by atoms with Crippen molar-refractivity contribution in [2.24, 2.45) is 11.7 Å². The van der Waals surface area contributed by atoms with Crippen molar-refractivity contribution in [2.45, 2.75) is 99.4 Å². The first-order valence-electron chi connectivity index (χ1n) is 15.4. The van der Waals surface area contributed by atoms with Crippen molar-refractivity contribution >= 4 is 33.8 Å². The summed E-state index contributed by atoms with van der Waals surface area (Å²) in [4.78, 5) is 56.1. The molecule has 3 heterocycles. The maximum atomic E-state index is 14.6. The number of halogens is 3. The van der Waals surface area contributed by atoms with E-state index in [0.717, 1.165) is 4.90 Å². The molecule has 1 aromatic rings. The number of nitrogens with one attached hydrogen (secondary N) is 2. The molecule has 3 aliphatic heterocycles. The van der Waals surface area contributed by atoms with E-state index in [0.29, 0.717) is 24.0 Å². The molecule has 2 saturated carbocycles. The Hall–Kier alpha value is -3.66. The maximum absolute atomic E-state index is 14.6. The van der Waals surface area contributed by atoms with E-state index in [2.05, 4.69) is 10.0 Å². The second kappa shape index (κ2) is 11.9. The second-order valence-electron chi connectivity index (χ2n) is 12.9. The first kappa shape index (κ1) is 32.3. The van der Waals surface area contributed by atoms with Gasteiger partial charge in [-0.1, -0.05) is 24.3 Å². The third-order valence-corrected chi connectivity index (χ3v) is 11.3. The highest BCUT2D eigenvalue weighted by Gasteiger charge is 2.62. The number of hydrogen-bond acceptors (Lipinski definition) is 8. The molecular formula is C30H36F3N5O7S. The number of hydrogen-bond donors (Lipinski definition) is 3. The highest BCUT2D eigenvalue weighted by molar-refractivity contribution is 7.91. The number of amides is 4. The summed E-state index contributed by atoms with van der Waals surface area (Å²) < 4.78 is 76.4. The van der Waals surface area contributed by atoms with E-state index in [4.69, 9.17) is 10.5 Å². The Bertz CT molecular complexity index is 1590. The highest BCUT2D eigenvalue weighted by Crippen LogP contribution is 2.46. The van der Waals surface area contributed by atoms with Crippen LogP contribution in [0, 0.1) is 11.7 Å². The fraction of sp³-hybridized carbons (Fsp3) is 0.600. The normalized spacial score (nSPS) is 31.8. The molecule has 12 nitrogen and oxygen atoms in total. The molecule has 0 aromatic heterocycles. The van der Waals surface area contributed by atoms with Crippen molar-refractivity contribution < 1.29 is 45.5 Å². The summed E-state index contributed by atoms with van der Waals surface area (Å²) in [7, 11) is -3.97. The van der Waals surface area contributed by atoms with Gasteiger partial charge in [0.15, 0.2) is 0 Å². The van der Waals surface area contributed by atoms with Gasteiger partial charge in [0.25, 0.3) is 5.91 Å². The van der Waals surface area contributed by atoms with E-state index in [-0.39, 0.29) is 45.3 Å². The number of alkyl halides is 2. The third kappa shape index (κ3) is 6.46. The summed E-state index contributed by atoms with van der Waals surface area (Å²) in [6, 6.07) is 1.82. The molecule has 2 aliphatic carbocycles. The van der Waals surface area contributed by atoms with Gasteiger partial charge in [-0.3, -0.25) is 24.0 Å². The van der Waals surface area contributed by atoms with Crippen molar-refractivity contribution in [1.29, 1.82) is 0 Å². The molecule has 1 saturated heterocycles. The molecule has 16 heteroatoms. The first-order chi connectivity index (χ1) is 21.7. The van der Waals surface area contributed by atoms with Crippen LogP contribution in [0.25, 0.3) is 0 Å². The van der Waals surface area contributed by atoms with Gasteiger partial charge in [-0.25, -0.2) is 26.4 Å². The van der Waals surface area contributed by atoms with Gasteiger partial charge in [0.1, 0.15) is 23.5 Å². The van der Waals surface area contributed by atoms with Gasteiger partial charge in [-0.05, 0) is 43.7 Å². The van der Waals surface area contributed by atoms with Crippen LogP contribution in [-0.4, -0.2) is 83.5 Å².